The van der Waals surface area contributed by atoms with Gasteiger partial charge in [0, 0.05) is 25.6 Å². The van der Waals surface area contributed by atoms with E-state index in [0.717, 1.165) is 5.56 Å². The average molecular weight is 442 g/mol. The van der Waals surface area contributed by atoms with Crippen LogP contribution < -0.4 is 16.0 Å². The van der Waals surface area contributed by atoms with Crippen LogP contribution in [0.4, 0.5) is 0 Å². The van der Waals surface area contributed by atoms with Crippen molar-refractivity contribution in [1.82, 2.24) is 26.0 Å². The third-order valence-corrected chi connectivity index (χ3v) is 6.95. The lowest BCUT2D eigenvalue weighted by Gasteiger charge is -2.31. The molecule has 0 bridgehead atoms. The van der Waals surface area contributed by atoms with Crippen LogP contribution in [-0.2, 0) is 25.6 Å². The van der Waals surface area contributed by atoms with Gasteiger partial charge in [-0.05, 0) is 45.2 Å². The summed E-state index contributed by atoms with van der Waals surface area (Å²) in [5.41, 5.74) is 0.314. The molecule has 2 aliphatic heterocycles. The predicted octanol–water partition coefficient (Wildman–Crippen LogP) is -0.0336. The number of carbonyl (C=O) groups excluding carboxylic acids is 4. The van der Waals surface area contributed by atoms with Gasteiger partial charge < -0.3 is 16.0 Å². The van der Waals surface area contributed by atoms with Crippen molar-refractivity contribution in [2.45, 2.75) is 57.2 Å². The van der Waals surface area contributed by atoms with Crippen LogP contribution in [0, 0.1) is 5.41 Å². The van der Waals surface area contributed by atoms with Crippen LogP contribution in [0.3, 0.4) is 0 Å². The van der Waals surface area contributed by atoms with Crippen LogP contribution in [0.2, 0.25) is 0 Å². The Morgan fingerprint density at radius 1 is 1.22 bits per heavy atom. The number of nitrogens with one attached hydrogen (secondary N) is 3. The molecule has 1 unspecified atom stereocenters. The Balaban J connectivity index is 1.43. The van der Waals surface area contributed by atoms with Crippen molar-refractivity contribution in [2.24, 2.45) is 5.41 Å². The number of amides is 4. The van der Waals surface area contributed by atoms with Gasteiger partial charge in [-0.2, -0.15) is 0 Å². The van der Waals surface area contributed by atoms with E-state index >= 15 is 0 Å². The molecular formula is C23H31N5O4. The topological polar surface area (TPSA) is 111 Å². The summed E-state index contributed by atoms with van der Waals surface area (Å²) in [6, 6.07) is 8.46. The average Bonchev–Trinajstić information content (AvgIpc) is 3.33. The molecule has 1 aromatic carbocycles. The summed E-state index contributed by atoms with van der Waals surface area (Å²) in [5.74, 6) is -0.792. The van der Waals surface area contributed by atoms with Crippen LogP contribution in [0.25, 0.3) is 0 Å². The van der Waals surface area contributed by atoms with E-state index in [1.807, 2.05) is 30.3 Å². The lowest BCUT2D eigenvalue weighted by atomic mass is 9.97. The van der Waals surface area contributed by atoms with Crippen LogP contribution >= 0.6 is 0 Å². The Morgan fingerprint density at radius 3 is 2.69 bits per heavy atom. The molecule has 1 aromatic rings. The van der Waals surface area contributed by atoms with Crippen molar-refractivity contribution in [2.75, 3.05) is 20.1 Å². The summed E-state index contributed by atoms with van der Waals surface area (Å²) < 4.78 is 0. The van der Waals surface area contributed by atoms with Crippen LogP contribution in [0.5, 0.6) is 0 Å². The molecule has 0 aromatic heterocycles. The second-order valence-corrected chi connectivity index (χ2v) is 8.93. The third-order valence-electron chi connectivity index (χ3n) is 6.95. The van der Waals surface area contributed by atoms with Gasteiger partial charge in [0.1, 0.15) is 6.04 Å². The number of hydrogen-bond acceptors (Lipinski definition) is 5. The first-order valence-electron chi connectivity index (χ1n) is 11.3. The quantitative estimate of drug-likeness (QED) is 0.550. The summed E-state index contributed by atoms with van der Waals surface area (Å²) in [5, 5.41) is 11.6. The number of likely N-dealkylation sites (N-methyl/N-ethyl adjacent to an activating group) is 1. The molecule has 3 N–H and O–H groups in total. The molecule has 2 saturated heterocycles. The Kier molecular flexibility index (Phi) is 6.19. The molecule has 1 aliphatic carbocycles. The van der Waals surface area contributed by atoms with Crippen molar-refractivity contribution in [3.8, 4) is 0 Å². The minimum absolute atomic E-state index is 0.143. The minimum atomic E-state index is -0.805. The maximum Gasteiger partial charge on any atom is 0.250 e. The van der Waals surface area contributed by atoms with Gasteiger partial charge in [0.2, 0.25) is 23.6 Å². The number of rotatable bonds is 7. The van der Waals surface area contributed by atoms with Gasteiger partial charge in [0.05, 0.1) is 11.5 Å². The molecule has 3 fully saturated rings. The zero-order valence-electron chi connectivity index (χ0n) is 18.6. The largest absolute Gasteiger partial charge is 0.354 e. The second kappa shape index (κ2) is 8.90. The summed E-state index contributed by atoms with van der Waals surface area (Å²) in [6.07, 6.45) is 2.22. The number of hydrazine groups is 1. The Labute approximate surface area is 187 Å². The van der Waals surface area contributed by atoms with Gasteiger partial charge in [-0.3, -0.25) is 24.2 Å². The number of benzene rings is 1. The predicted molar refractivity (Wildman–Crippen MR) is 117 cm³/mol. The summed E-state index contributed by atoms with van der Waals surface area (Å²) in [4.78, 5) is 51.5. The fourth-order valence-electron chi connectivity index (χ4n) is 4.70. The summed E-state index contributed by atoms with van der Waals surface area (Å²) in [7, 11) is 1.70. The number of carbonyl (C=O) groups is 4. The molecule has 4 amide bonds. The lowest BCUT2D eigenvalue weighted by molar-refractivity contribution is -0.164. The second-order valence-electron chi connectivity index (χ2n) is 8.93. The highest BCUT2D eigenvalue weighted by Crippen LogP contribution is 2.53. The maximum absolute atomic E-state index is 13.6. The molecule has 9 nitrogen and oxygen atoms in total. The van der Waals surface area contributed by atoms with E-state index in [2.05, 4.69) is 16.0 Å². The van der Waals surface area contributed by atoms with Crippen molar-refractivity contribution in [3.05, 3.63) is 35.9 Å². The van der Waals surface area contributed by atoms with Gasteiger partial charge in [0.15, 0.2) is 0 Å². The van der Waals surface area contributed by atoms with Gasteiger partial charge in [-0.25, -0.2) is 5.01 Å². The molecule has 2 heterocycles. The summed E-state index contributed by atoms with van der Waals surface area (Å²) in [6.45, 7) is 2.56. The monoisotopic (exact) mass is 441 g/mol. The minimum Gasteiger partial charge on any atom is -0.354 e. The first-order valence-corrected chi connectivity index (χ1v) is 11.3. The Hall–Kier alpha value is -2.94. The fourth-order valence-corrected chi connectivity index (χ4v) is 4.70. The maximum atomic E-state index is 13.6. The molecule has 4 atom stereocenters. The van der Waals surface area contributed by atoms with Crippen molar-refractivity contribution >= 4 is 23.6 Å². The zero-order chi connectivity index (χ0) is 22.9. The Bertz CT molecular complexity index is 907. The van der Waals surface area contributed by atoms with Gasteiger partial charge >= 0.3 is 0 Å². The van der Waals surface area contributed by atoms with Crippen molar-refractivity contribution < 1.29 is 19.2 Å². The van der Waals surface area contributed by atoms with Gasteiger partial charge in [0.25, 0.3) is 0 Å². The molecule has 3 aliphatic rings. The fraction of sp³-hybridized carbons (Fsp3) is 0.565. The van der Waals surface area contributed by atoms with E-state index in [-0.39, 0.29) is 42.1 Å². The highest BCUT2D eigenvalue weighted by atomic mass is 16.2. The van der Waals surface area contributed by atoms with E-state index in [9.17, 15) is 19.2 Å². The highest BCUT2D eigenvalue weighted by Gasteiger charge is 2.65. The first kappa shape index (κ1) is 22.3. The molecule has 4 rings (SSSR count). The standard InChI is InChI=1S/C23H31N5O4/c1-15(24-2)20(30)26-18-14-23(18)11-8-19(29)27-13-10-17(28(27)22(23)32)21(31)25-12-9-16-6-4-3-5-7-16/h3-7,15,17-18,24H,8-14H2,1-2H3,(H,25,31)(H,26,30)/t15-,17-,18+,23?/m0/s1. The van der Waals surface area contributed by atoms with Gasteiger partial charge in [-0.1, -0.05) is 30.3 Å². The molecule has 1 saturated carbocycles. The number of nitrogens with zero attached hydrogens (tertiary/aromatic N) is 2. The summed E-state index contributed by atoms with van der Waals surface area (Å²) >= 11 is 0. The molecule has 1 spiro atoms. The van der Waals surface area contributed by atoms with Crippen LogP contribution in [0.1, 0.15) is 38.2 Å². The molecule has 0 radical (unpaired) electrons. The van der Waals surface area contributed by atoms with E-state index in [1.54, 1.807) is 14.0 Å². The van der Waals surface area contributed by atoms with E-state index in [4.69, 9.17) is 0 Å². The van der Waals surface area contributed by atoms with Crippen LogP contribution in [0.15, 0.2) is 30.3 Å². The third kappa shape index (κ3) is 4.09. The SMILES string of the molecule is CN[C@@H](C)C(=O)N[C@@H]1CC12CCC(=O)N1CC[C@@H](C(=O)NCCc3ccccc3)N1C2=O. The molecule has 32 heavy (non-hydrogen) atoms. The van der Waals surface area contributed by atoms with Gasteiger partial charge in [-0.15, -0.1) is 0 Å². The molecule has 9 heteroatoms. The highest BCUT2D eigenvalue weighted by molar-refractivity contribution is 5.97. The zero-order valence-corrected chi connectivity index (χ0v) is 18.6. The van der Waals surface area contributed by atoms with E-state index < -0.39 is 11.5 Å². The lowest BCUT2D eigenvalue weighted by Crippen LogP contribution is -2.54. The van der Waals surface area contributed by atoms with Crippen LogP contribution in [-0.4, -0.2) is 71.9 Å². The van der Waals surface area contributed by atoms with E-state index in [0.29, 0.717) is 38.8 Å². The smallest absolute Gasteiger partial charge is 0.250 e. The first-order chi connectivity index (χ1) is 15.4. The Morgan fingerprint density at radius 2 is 1.97 bits per heavy atom. The number of hydrogen-bond donors (Lipinski definition) is 3. The normalized spacial score (nSPS) is 27.7. The molecular weight excluding hydrogens is 410 g/mol. The number of fused-ring (bicyclic) bond motifs is 1. The van der Waals surface area contributed by atoms with E-state index in [1.165, 1.54) is 10.0 Å². The van der Waals surface area contributed by atoms with Crippen molar-refractivity contribution in [1.29, 1.82) is 0 Å². The molecule has 172 valence electrons. The van der Waals surface area contributed by atoms with Crippen molar-refractivity contribution in [3.63, 3.8) is 0 Å².